The van der Waals surface area contributed by atoms with E-state index in [1.807, 2.05) is 30.3 Å². The molecule has 1 heterocycles. The van der Waals surface area contributed by atoms with E-state index in [2.05, 4.69) is 10.4 Å². The first-order chi connectivity index (χ1) is 11.9. The monoisotopic (exact) mass is 345 g/mol. The van der Waals surface area contributed by atoms with E-state index in [0.29, 0.717) is 5.69 Å². The zero-order valence-electron chi connectivity index (χ0n) is 13.2. The minimum Gasteiger partial charge on any atom is -0.320 e. The summed E-state index contributed by atoms with van der Waals surface area (Å²) in [5, 5.41) is 6.48. The van der Waals surface area contributed by atoms with Crippen LogP contribution in [0.4, 0.5) is 18.9 Å². The van der Waals surface area contributed by atoms with Crippen molar-refractivity contribution >= 4 is 11.6 Å². The molecule has 0 unspecified atom stereocenters. The highest BCUT2D eigenvalue weighted by molar-refractivity contribution is 6.03. The number of nitrogens with one attached hydrogen (secondary N) is 1. The number of hydrogen-bond donors (Lipinski definition) is 1. The fraction of sp³-hybridized carbons (Fsp3) is 0.111. The van der Waals surface area contributed by atoms with E-state index in [1.165, 1.54) is 24.3 Å². The Balaban J connectivity index is 1.89. The predicted octanol–water partition coefficient (Wildman–Crippen LogP) is 4.45. The summed E-state index contributed by atoms with van der Waals surface area (Å²) in [7, 11) is 0. The van der Waals surface area contributed by atoms with Crippen molar-refractivity contribution in [1.82, 2.24) is 9.78 Å². The van der Waals surface area contributed by atoms with Crippen LogP contribution < -0.4 is 5.32 Å². The second-order valence-corrected chi connectivity index (χ2v) is 5.42. The van der Waals surface area contributed by atoms with Gasteiger partial charge >= 0.3 is 6.18 Å². The number of carbonyl (C=O) groups is 1. The van der Waals surface area contributed by atoms with Crippen LogP contribution in [-0.4, -0.2) is 15.7 Å². The van der Waals surface area contributed by atoms with Gasteiger partial charge in [0.2, 0.25) is 0 Å². The minimum atomic E-state index is -4.55. The molecule has 0 aliphatic heterocycles. The third kappa shape index (κ3) is 3.55. The quantitative estimate of drug-likeness (QED) is 0.762. The molecule has 0 saturated heterocycles. The lowest BCUT2D eigenvalue weighted by atomic mass is 10.1. The maximum atomic E-state index is 13.0. The number of aryl methyl sites for hydroxylation is 1. The van der Waals surface area contributed by atoms with Gasteiger partial charge < -0.3 is 5.32 Å². The standard InChI is InChI=1S/C18H14F3N3O/c1-12-11-16(23-24(12)13-7-3-2-4-8-13)17(25)22-15-10-6-5-9-14(15)18(19,20)21/h2-11H,1H3,(H,22,25). The number of halogens is 3. The molecule has 7 heteroatoms. The maximum absolute atomic E-state index is 13.0. The lowest BCUT2D eigenvalue weighted by molar-refractivity contribution is -0.136. The van der Waals surface area contributed by atoms with Crippen molar-refractivity contribution in [1.29, 1.82) is 0 Å². The van der Waals surface area contributed by atoms with Gasteiger partial charge in [-0.25, -0.2) is 4.68 Å². The highest BCUT2D eigenvalue weighted by Gasteiger charge is 2.33. The Morgan fingerprint density at radius 2 is 1.68 bits per heavy atom. The molecule has 1 aromatic heterocycles. The van der Waals surface area contributed by atoms with Crippen molar-refractivity contribution in [2.45, 2.75) is 13.1 Å². The Bertz CT molecular complexity index is 901. The first-order valence-electron chi connectivity index (χ1n) is 7.46. The summed E-state index contributed by atoms with van der Waals surface area (Å²) in [6.45, 7) is 1.76. The topological polar surface area (TPSA) is 46.9 Å². The molecule has 0 atom stereocenters. The molecule has 0 aliphatic rings. The molecule has 25 heavy (non-hydrogen) atoms. The summed E-state index contributed by atoms with van der Waals surface area (Å²) >= 11 is 0. The van der Waals surface area contributed by atoms with Crippen LogP contribution >= 0.6 is 0 Å². The van der Waals surface area contributed by atoms with Gasteiger partial charge in [-0.2, -0.15) is 18.3 Å². The first kappa shape index (κ1) is 16.8. The van der Waals surface area contributed by atoms with Crippen molar-refractivity contribution in [3.8, 4) is 5.69 Å². The van der Waals surface area contributed by atoms with Crippen LogP contribution in [0.15, 0.2) is 60.7 Å². The second-order valence-electron chi connectivity index (χ2n) is 5.42. The van der Waals surface area contributed by atoms with Crippen molar-refractivity contribution in [2.24, 2.45) is 0 Å². The molecule has 1 N–H and O–H groups in total. The highest BCUT2D eigenvalue weighted by atomic mass is 19.4. The molecule has 3 rings (SSSR count). The summed E-state index contributed by atoms with van der Waals surface area (Å²) in [4.78, 5) is 12.3. The first-order valence-corrected chi connectivity index (χ1v) is 7.46. The highest BCUT2D eigenvalue weighted by Crippen LogP contribution is 2.34. The summed E-state index contributed by atoms with van der Waals surface area (Å²) in [6, 6.07) is 15.5. The minimum absolute atomic E-state index is 0.0401. The van der Waals surface area contributed by atoms with Crippen molar-refractivity contribution in [2.75, 3.05) is 5.32 Å². The maximum Gasteiger partial charge on any atom is 0.418 e. The van der Waals surface area contributed by atoms with Gasteiger partial charge in [0.25, 0.3) is 5.91 Å². The molecular formula is C18H14F3N3O. The largest absolute Gasteiger partial charge is 0.418 e. The number of benzene rings is 2. The zero-order chi connectivity index (χ0) is 18.0. The SMILES string of the molecule is Cc1cc(C(=O)Nc2ccccc2C(F)(F)F)nn1-c1ccccc1. The van der Waals surface area contributed by atoms with Gasteiger partial charge in [0.15, 0.2) is 5.69 Å². The number of carbonyl (C=O) groups excluding carboxylic acids is 1. The fourth-order valence-electron chi connectivity index (χ4n) is 2.44. The molecule has 1 amide bonds. The third-order valence-corrected chi connectivity index (χ3v) is 3.60. The number of rotatable bonds is 3. The van der Waals surface area contributed by atoms with Crippen molar-refractivity contribution < 1.29 is 18.0 Å². The Labute approximate surface area is 141 Å². The Morgan fingerprint density at radius 3 is 2.36 bits per heavy atom. The number of hydrogen-bond acceptors (Lipinski definition) is 2. The molecule has 0 bridgehead atoms. The number of para-hydroxylation sites is 2. The van der Waals surface area contributed by atoms with E-state index in [0.717, 1.165) is 11.8 Å². The number of aromatic nitrogens is 2. The molecule has 0 aliphatic carbocycles. The van der Waals surface area contributed by atoms with E-state index in [-0.39, 0.29) is 11.4 Å². The van der Waals surface area contributed by atoms with Crippen molar-refractivity contribution in [3.63, 3.8) is 0 Å². The summed E-state index contributed by atoms with van der Waals surface area (Å²) in [6.07, 6.45) is -4.55. The van der Waals surface area contributed by atoms with E-state index < -0.39 is 17.6 Å². The second kappa shape index (κ2) is 6.43. The lowest BCUT2D eigenvalue weighted by Crippen LogP contribution is -2.17. The van der Waals surface area contributed by atoms with Crippen LogP contribution in [0.3, 0.4) is 0 Å². The normalized spacial score (nSPS) is 11.4. The number of amides is 1. The predicted molar refractivity (Wildman–Crippen MR) is 87.7 cm³/mol. The lowest BCUT2D eigenvalue weighted by Gasteiger charge is -2.12. The van der Waals surface area contributed by atoms with Gasteiger partial charge in [-0.05, 0) is 37.3 Å². The van der Waals surface area contributed by atoms with Crippen LogP contribution in [0.25, 0.3) is 5.69 Å². The molecule has 0 fully saturated rings. The van der Waals surface area contributed by atoms with E-state index in [4.69, 9.17) is 0 Å². The molecule has 3 aromatic rings. The molecule has 0 radical (unpaired) electrons. The molecular weight excluding hydrogens is 331 g/mol. The zero-order valence-corrected chi connectivity index (χ0v) is 13.2. The molecule has 2 aromatic carbocycles. The van der Waals surface area contributed by atoms with Gasteiger partial charge in [0.1, 0.15) is 0 Å². The fourth-order valence-corrected chi connectivity index (χ4v) is 2.44. The summed E-state index contributed by atoms with van der Waals surface area (Å²) < 4.78 is 40.6. The molecule has 128 valence electrons. The average Bonchev–Trinajstić information content (AvgIpc) is 2.97. The summed E-state index contributed by atoms with van der Waals surface area (Å²) in [5.41, 5.74) is 0.294. The van der Waals surface area contributed by atoms with Crippen LogP contribution in [0, 0.1) is 6.92 Å². The number of alkyl halides is 3. The third-order valence-electron chi connectivity index (χ3n) is 3.60. The number of nitrogens with zero attached hydrogens (tertiary/aromatic N) is 2. The Morgan fingerprint density at radius 1 is 1.04 bits per heavy atom. The number of anilines is 1. The Kier molecular flexibility index (Phi) is 4.31. The van der Waals surface area contributed by atoms with E-state index >= 15 is 0 Å². The van der Waals surface area contributed by atoms with Crippen LogP contribution in [0.1, 0.15) is 21.7 Å². The van der Waals surface area contributed by atoms with Crippen LogP contribution in [0.2, 0.25) is 0 Å². The molecule has 0 spiro atoms. The van der Waals surface area contributed by atoms with Crippen molar-refractivity contribution in [3.05, 3.63) is 77.6 Å². The van der Waals surface area contributed by atoms with Gasteiger partial charge in [-0.15, -0.1) is 0 Å². The molecule has 0 saturated carbocycles. The van der Waals surface area contributed by atoms with Gasteiger partial charge in [-0.1, -0.05) is 30.3 Å². The van der Waals surface area contributed by atoms with Gasteiger partial charge in [-0.3, -0.25) is 4.79 Å². The van der Waals surface area contributed by atoms with E-state index in [9.17, 15) is 18.0 Å². The summed E-state index contributed by atoms with van der Waals surface area (Å²) in [5.74, 6) is -0.700. The van der Waals surface area contributed by atoms with Crippen LogP contribution in [-0.2, 0) is 6.18 Å². The Hall–Kier alpha value is -3.09. The smallest absolute Gasteiger partial charge is 0.320 e. The van der Waals surface area contributed by atoms with Gasteiger partial charge in [0.05, 0.1) is 16.9 Å². The van der Waals surface area contributed by atoms with Gasteiger partial charge in [0, 0.05) is 5.69 Å². The van der Waals surface area contributed by atoms with Crippen LogP contribution in [0.5, 0.6) is 0 Å². The molecule has 4 nitrogen and oxygen atoms in total. The van der Waals surface area contributed by atoms with E-state index in [1.54, 1.807) is 11.6 Å². The average molecular weight is 345 g/mol.